The molecule has 19 heavy (non-hydrogen) atoms. The van der Waals surface area contributed by atoms with Gasteiger partial charge in [-0.15, -0.1) is 11.6 Å². The molecule has 0 bridgehead atoms. The van der Waals surface area contributed by atoms with Crippen molar-refractivity contribution in [2.75, 3.05) is 20.3 Å². The standard InChI is InChI=1S/C11H14Cl3NO3S/c1-18-7-8(12)2-3-15-19(16,17)11-5-9(13)4-10(14)6-11/h4-6,8,15H,2-3,7H2,1H3. The van der Waals surface area contributed by atoms with Gasteiger partial charge in [0.15, 0.2) is 0 Å². The van der Waals surface area contributed by atoms with E-state index < -0.39 is 10.0 Å². The maximum atomic E-state index is 12.0. The molecule has 0 fully saturated rings. The zero-order chi connectivity index (χ0) is 14.5. The number of halogens is 3. The topological polar surface area (TPSA) is 55.4 Å². The Kier molecular flexibility index (Phi) is 6.86. The predicted molar refractivity (Wildman–Crippen MR) is 77.8 cm³/mol. The predicted octanol–water partition coefficient (Wildman–Crippen LogP) is 2.92. The minimum absolute atomic E-state index is 0.0304. The smallest absolute Gasteiger partial charge is 0.240 e. The number of hydrogen-bond donors (Lipinski definition) is 1. The van der Waals surface area contributed by atoms with E-state index in [1.54, 1.807) is 0 Å². The third-order valence-electron chi connectivity index (χ3n) is 2.24. The molecule has 0 heterocycles. The van der Waals surface area contributed by atoms with E-state index in [4.69, 9.17) is 39.5 Å². The van der Waals surface area contributed by atoms with Crippen LogP contribution in [0.25, 0.3) is 0 Å². The van der Waals surface area contributed by atoms with Crippen LogP contribution in [0.1, 0.15) is 6.42 Å². The van der Waals surface area contributed by atoms with Gasteiger partial charge in [-0.2, -0.15) is 0 Å². The lowest BCUT2D eigenvalue weighted by Crippen LogP contribution is -2.27. The van der Waals surface area contributed by atoms with E-state index in [9.17, 15) is 8.42 Å². The van der Waals surface area contributed by atoms with Gasteiger partial charge in [0.05, 0.1) is 16.9 Å². The molecular formula is C11H14Cl3NO3S. The van der Waals surface area contributed by atoms with Crippen molar-refractivity contribution in [3.05, 3.63) is 28.2 Å². The van der Waals surface area contributed by atoms with Gasteiger partial charge < -0.3 is 4.74 Å². The second kappa shape index (κ2) is 7.67. The number of benzene rings is 1. The zero-order valence-corrected chi connectivity index (χ0v) is 13.3. The van der Waals surface area contributed by atoms with Gasteiger partial charge in [0.25, 0.3) is 0 Å². The van der Waals surface area contributed by atoms with Gasteiger partial charge >= 0.3 is 0 Å². The highest BCUT2D eigenvalue weighted by Crippen LogP contribution is 2.22. The molecule has 0 aliphatic heterocycles. The van der Waals surface area contributed by atoms with Crippen LogP contribution in [0.4, 0.5) is 0 Å². The number of methoxy groups -OCH3 is 1. The Morgan fingerprint density at radius 3 is 2.37 bits per heavy atom. The van der Waals surface area contributed by atoms with Gasteiger partial charge in [0.2, 0.25) is 10.0 Å². The summed E-state index contributed by atoms with van der Waals surface area (Å²) in [7, 11) is -2.10. The van der Waals surface area contributed by atoms with Crippen molar-refractivity contribution in [1.82, 2.24) is 4.72 Å². The van der Waals surface area contributed by atoms with Crippen LogP contribution in [0.15, 0.2) is 23.1 Å². The number of hydrogen-bond acceptors (Lipinski definition) is 3. The summed E-state index contributed by atoms with van der Waals surface area (Å²) in [4.78, 5) is 0.0304. The highest BCUT2D eigenvalue weighted by Gasteiger charge is 2.15. The Labute approximate surface area is 128 Å². The molecule has 1 aromatic rings. The molecule has 0 saturated carbocycles. The van der Waals surface area contributed by atoms with E-state index in [0.29, 0.717) is 13.0 Å². The van der Waals surface area contributed by atoms with Gasteiger partial charge in [0, 0.05) is 23.7 Å². The summed E-state index contributed by atoms with van der Waals surface area (Å²) in [6, 6.07) is 4.14. The Bertz CT molecular complexity index is 502. The van der Waals surface area contributed by atoms with E-state index in [-0.39, 0.29) is 26.9 Å². The van der Waals surface area contributed by atoms with Crippen LogP contribution in [-0.4, -0.2) is 34.1 Å². The molecule has 0 aliphatic rings. The lowest BCUT2D eigenvalue weighted by atomic mass is 10.3. The SMILES string of the molecule is COCC(Cl)CCNS(=O)(=O)c1cc(Cl)cc(Cl)c1. The Morgan fingerprint density at radius 2 is 1.84 bits per heavy atom. The van der Waals surface area contributed by atoms with Crippen LogP contribution in [-0.2, 0) is 14.8 Å². The maximum absolute atomic E-state index is 12.0. The molecule has 0 aliphatic carbocycles. The molecule has 108 valence electrons. The molecule has 1 rings (SSSR count). The first-order valence-electron chi connectivity index (χ1n) is 5.44. The third-order valence-corrected chi connectivity index (χ3v) is 4.46. The first-order chi connectivity index (χ1) is 8.85. The van der Waals surface area contributed by atoms with Crippen molar-refractivity contribution in [2.45, 2.75) is 16.7 Å². The first-order valence-corrected chi connectivity index (χ1v) is 8.11. The van der Waals surface area contributed by atoms with Crippen LogP contribution in [0.5, 0.6) is 0 Å². The van der Waals surface area contributed by atoms with E-state index in [2.05, 4.69) is 4.72 Å². The minimum atomic E-state index is -3.63. The molecule has 0 aromatic heterocycles. The average Bonchev–Trinajstić information content (AvgIpc) is 2.27. The van der Waals surface area contributed by atoms with Crippen LogP contribution in [0, 0.1) is 0 Å². The normalized spacial score (nSPS) is 13.5. The second-order valence-electron chi connectivity index (χ2n) is 3.84. The fraction of sp³-hybridized carbons (Fsp3) is 0.455. The molecule has 0 saturated heterocycles. The van der Waals surface area contributed by atoms with Gasteiger partial charge in [-0.05, 0) is 24.6 Å². The lowest BCUT2D eigenvalue weighted by Gasteiger charge is -2.10. The average molecular weight is 347 g/mol. The lowest BCUT2D eigenvalue weighted by molar-refractivity contribution is 0.196. The zero-order valence-electron chi connectivity index (χ0n) is 10.2. The quantitative estimate of drug-likeness (QED) is 0.772. The molecule has 1 atom stereocenters. The highest BCUT2D eigenvalue weighted by molar-refractivity contribution is 7.89. The molecule has 1 aromatic carbocycles. The Balaban J connectivity index is 2.66. The maximum Gasteiger partial charge on any atom is 0.240 e. The summed E-state index contributed by atoms with van der Waals surface area (Å²) in [5.41, 5.74) is 0. The largest absolute Gasteiger partial charge is 0.383 e. The van der Waals surface area contributed by atoms with Gasteiger partial charge in [0.1, 0.15) is 0 Å². The van der Waals surface area contributed by atoms with E-state index >= 15 is 0 Å². The highest BCUT2D eigenvalue weighted by atomic mass is 35.5. The summed E-state index contributed by atoms with van der Waals surface area (Å²) >= 11 is 17.4. The number of rotatable bonds is 7. The fourth-order valence-electron chi connectivity index (χ4n) is 1.38. The van der Waals surface area contributed by atoms with Gasteiger partial charge in [-0.25, -0.2) is 13.1 Å². The van der Waals surface area contributed by atoms with E-state index in [1.165, 1.54) is 25.3 Å². The van der Waals surface area contributed by atoms with Crippen molar-refractivity contribution in [2.24, 2.45) is 0 Å². The van der Waals surface area contributed by atoms with Crippen LogP contribution in [0.3, 0.4) is 0 Å². The minimum Gasteiger partial charge on any atom is -0.383 e. The molecule has 1 N–H and O–H groups in total. The second-order valence-corrected chi connectivity index (χ2v) is 7.10. The van der Waals surface area contributed by atoms with Crippen LogP contribution < -0.4 is 4.72 Å². The van der Waals surface area contributed by atoms with Crippen molar-refractivity contribution in [3.63, 3.8) is 0 Å². The van der Waals surface area contributed by atoms with Crippen LogP contribution in [0.2, 0.25) is 10.0 Å². The third kappa shape index (κ3) is 5.85. The molecule has 0 amide bonds. The van der Waals surface area contributed by atoms with Crippen molar-refractivity contribution >= 4 is 44.8 Å². The molecular weight excluding hydrogens is 333 g/mol. The molecule has 8 heteroatoms. The number of ether oxygens (including phenoxy) is 1. The molecule has 0 radical (unpaired) electrons. The summed E-state index contributed by atoms with van der Waals surface area (Å²) in [6.45, 7) is 0.580. The number of sulfonamides is 1. The van der Waals surface area contributed by atoms with Crippen molar-refractivity contribution < 1.29 is 13.2 Å². The number of alkyl halides is 1. The first kappa shape index (κ1) is 17.0. The number of nitrogens with one attached hydrogen (secondary N) is 1. The Hall–Kier alpha value is -0.0400. The summed E-state index contributed by atoms with van der Waals surface area (Å²) in [5.74, 6) is 0. The monoisotopic (exact) mass is 345 g/mol. The van der Waals surface area contributed by atoms with Gasteiger partial charge in [-0.3, -0.25) is 0 Å². The summed E-state index contributed by atoms with van der Waals surface area (Å²) in [6.07, 6.45) is 0.461. The molecule has 4 nitrogen and oxygen atoms in total. The molecule has 1 unspecified atom stereocenters. The summed E-state index contributed by atoms with van der Waals surface area (Å²) in [5, 5.41) is 0.292. The van der Waals surface area contributed by atoms with Crippen LogP contribution >= 0.6 is 34.8 Å². The van der Waals surface area contributed by atoms with E-state index in [1.807, 2.05) is 0 Å². The Morgan fingerprint density at radius 1 is 1.26 bits per heavy atom. The summed E-state index contributed by atoms with van der Waals surface area (Å²) < 4.78 is 31.2. The fourth-order valence-corrected chi connectivity index (χ4v) is 3.39. The van der Waals surface area contributed by atoms with Crippen molar-refractivity contribution in [1.29, 1.82) is 0 Å². The van der Waals surface area contributed by atoms with Gasteiger partial charge in [-0.1, -0.05) is 23.2 Å². The van der Waals surface area contributed by atoms with Crippen molar-refractivity contribution in [3.8, 4) is 0 Å². The van der Waals surface area contributed by atoms with E-state index in [0.717, 1.165) is 0 Å². The molecule has 0 spiro atoms.